The molecule has 0 atom stereocenters. The first-order valence-electron chi connectivity index (χ1n) is 5.18. The van der Waals surface area contributed by atoms with Crippen LogP contribution in [0.15, 0.2) is 24.3 Å². The Hall–Kier alpha value is -1.17. The summed E-state index contributed by atoms with van der Waals surface area (Å²) in [5.74, 6) is -2.46. The van der Waals surface area contributed by atoms with Crippen molar-refractivity contribution >= 4 is 77.9 Å². The van der Waals surface area contributed by atoms with Crippen LogP contribution in [0, 0.1) is 0 Å². The van der Waals surface area contributed by atoms with Crippen LogP contribution in [0.25, 0.3) is 0 Å². The van der Waals surface area contributed by atoms with Crippen molar-refractivity contribution in [2.24, 2.45) is 0 Å². The monoisotopic (exact) mass is 508 g/mol. The second kappa shape index (κ2) is 16.6. The molecule has 0 aliphatic rings. The summed E-state index contributed by atoms with van der Waals surface area (Å²) in [4.78, 5) is 20.9. The molecule has 1 aromatic rings. The number of carbonyl (C=O) groups is 2. The second-order valence-corrected chi connectivity index (χ2v) is 5.83. The normalized spacial score (nSPS) is 9.86. The molecule has 0 heterocycles. The number of aromatic carboxylic acids is 2. The Labute approximate surface area is 185 Å². The van der Waals surface area contributed by atoms with Crippen LogP contribution in [-0.4, -0.2) is 109 Å². The number of carboxylic acid groups (broad SMARTS) is 2. The van der Waals surface area contributed by atoms with Crippen molar-refractivity contribution in [2.75, 3.05) is 0 Å². The Morgan fingerprint density at radius 3 is 0.828 bits per heavy atom. The van der Waals surface area contributed by atoms with Gasteiger partial charge in [-0.2, -0.15) is 0 Å². The van der Waals surface area contributed by atoms with E-state index in [0.29, 0.717) is 0 Å². The first-order chi connectivity index (χ1) is 11.6. The van der Waals surface area contributed by atoms with Gasteiger partial charge in [-0.3, -0.25) is 25.3 Å². The summed E-state index contributed by atoms with van der Waals surface area (Å²) in [7, 11) is -15.5. The summed E-state index contributed by atoms with van der Waals surface area (Å²) in [6, 6.07) is 5.48. The minimum absolute atomic E-state index is 0. The Morgan fingerprint density at radius 2 is 0.724 bits per heavy atom. The average molecular weight is 508 g/mol. The molecule has 0 aliphatic carbocycles. The van der Waals surface area contributed by atoms with E-state index in [1.54, 1.807) is 0 Å². The molecule has 1 aromatic carbocycles. The van der Waals surface area contributed by atoms with E-state index in [2.05, 4.69) is 0 Å². The molecule has 0 fully saturated rings. The molecule has 0 unspecified atom stereocenters. The van der Waals surface area contributed by atoms with Crippen molar-refractivity contribution in [3.8, 4) is 0 Å². The molecular formula is C8H6Al2O16S3. The Kier molecular flexibility index (Phi) is 22.0. The zero-order valence-electron chi connectivity index (χ0n) is 13.3. The predicted molar refractivity (Wildman–Crippen MR) is 83.3 cm³/mol. The van der Waals surface area contributed by atoms with Gasteiger partial charge >= 0.3 is 46.7 Å². The van der Waals surface area contributed by atoms with Crippen molar-refractivity contribution in [3.05, 3.63) is 35.4 Å². The minimum atomic E-state index is -5.17. The molecule has 0 amide bonds. The van der Waals surface area contributed by atoms with Crippen molar-refractivity contribution < 1.29 is 72.4 Å². The van der Waals surface area contributed by atoms with Gasteiger partial charge in [-0.1, -0.05) is 12.1 Å². The van der Waals surface area contributed by atoms with Crippen molar-refractivity contribution in [3.63, 3.8) is 0 Å². The van der Waals surface area contributed by atoms with Crippen molar-refractivity contribution in [1.29, 1.82) is 0 Å². The molecule has 16 nitrogen and oxygen atoms in total. The van der Waals surface area contributed by atoms with E-state index < -0.39 is 43.1 Å². The fourth-order valence-corrected chi connectivity index (χ4v) is 0.856. The molecule has 0 aliphatic heterocycles. The van der Waals surface area contributed by atoms with Gasteiger partial charge in [-0.05, 0) is 12.1 Å². The van der Waals surface area contributed by atoms with Gasteiger partial charge in [0.05, 0.1) is 11.1 Å². The van der Waals surface area contributed by atoms with Gasteiger partial charge in [0.1, 0.15) is 0 Å². The van der Waals surface area contributed by atoms with Gasteiger partial charge in [-0.25, -0.2) is 9.59 Å². The zero-order valence-corrected chi connectivity index (χ0v) is 18.1. The summed E-state index contributed by atoms with van der Waals surface area (Å²) < 4.78 is 102. The Morgan fingerprint density at radius 1 is 0.586 bits per heavy atom. The number of carboxylic acids is 2. The number of benzene rings is 1. The molecule has 0 bridgehead atoms. The number of rotatable bonds is 2. The molecule has 0 radical (unpaired) electrons. The quantitative estimate of drug-likeness (QED) is 0.220. The summed E-state index contributed by atoms with van der Waals surface area (Å²) in [6.07, 6.45) is 0. The third-order valence-corrected chi connectivity index (χ3v) is 1.39. The smallest absolute Gasteiger partial charge is 0.759 e. The van der Waals surface area contributed by atoms with E-state index in [-0.39, 0.29) is 45.8 Å². The molecule has 0 aromatic heterocycles. The molecule has 158 valence electrons. The molecule has 2 N–H and O–H groups in total. The predicted octanol–water partition coefficient (Wildman–Crippen LogP) is -3.69. The maximum absolute atomic E-state index is 10.5. The van der Waals surface area contributed by atoms with Crippen LogP contribution in [0.3, 0.4) is 0 Å². The average Bonchev–Trinajstić information content (AvgIpc) is 2.32. The molecule has 0 saturated heterocycles. The van der Waals surface area contributed by atoms with Crippen LogP contribution in [0.5, 0.6) is 0 Å². The van der Waals surface area contributed by atoms with E-state index in [9.17, 15) is 9.59 Å². The number of hydrogen-bond acceptors (Lipinski definition) is 14. The van der Waals surface area contributed by atoms with Gasteiger partial charge in [0.15, 0.2) is 0 Å². The standard InChI is InChI=1S/C8H6O4.2Al.3H2O4S/c9-7(10)5-3-1-2-4-6(5)8(11)12;;;3*1-5(2,3)4/h1-4H,(H,9,10)(H,11,12);;;3*(H2,1,2,3,4)/q;2*+3;;;/p-6. The van der Waals surface area contributed by atoms with E-state index in [1.165, 1.54) is 24.3 Å². The molecule has 29 heavy (non-hydrogen) atoms. The molecule has 0 spiro atoms. The van der Waals surface area contributed by atoms with Crippen LogP contribution >= 0.6 is 0 Å². The molecular weight excluding hydrogens is 502 g/mol. The summed E-state index contributed by atoms with van der Waals surface area (Å²) in [5, 5.41) is 17.1. The van der Waals surface area contributed by atoms with Crippen molar-refractivity contribution in [1.82, 2.24) is 0 Å². The van der Waals surface area contributed by atoms with E-state index in [1.807, 2.05) is 0 Å². The maximum atomic E-state index is 10.5. The van der Waals surface area contributed by atoms with Crippen LogP contribution in [-0.2, 0) is 31.2 Å². The second-order valence-electron chi connectivity index (χ2n) is 3.38. The Bertz CT molecular complexity index is 808. The maximum Gasteiger partial charge on any atom is 3.00 e. The van der Waals surface area contributed by atoms with Crippen LogP contribution in [0.2, 0.25) is 0 Å². The largest absolute Gasteiger partial charge is 3.00 e. The van der Waals surface area contributed by atoms with Crippen molar-refractivity contribution in [2.45, 2.75) is 0 Å². The summed E-state index contributed by atoms with van der Waals surface area (Å²) in [6.45, 7) is 0. The molecule has 21 heteroatoms. The molecule has 0 saturated carbocycles. The first kappa shape index (κ1) is 38.4. The van der Waals surface area contributed by atoms with Gasteiger partial charge in [0.2, 0.25) is 0 Å². The van der Waals surface area contributed by atoms with Crippen LogP contribution < -0.4 is 0 Å². The van der Waals surface area contributed by atoms with Crippen LogP contribution in [0.4, 0.5) is 0 Å². The van der Waals surface area contributed by atoms with Gasteiger partial charge < -0.3 is 37.5 Å². The fourth-order valence-electron chi connectivity index (χ4n) is 0.856. The minimum Gasteiger partial charge on any atom is -0.759 e. The van der Waals surface area contributed by atoms with E-state index in [0.717, 1.165) is 0 Å². The van der Waals surface area contributed by atoms with E-state index >= 15 is 0 Å². The number of hydrogen-bond donors (Lipinski definition) is 2. The zero-order chi connectivity index (χ0) is 22.6. The van der Waals surface area contributed by atoms with Gasteiger partial charge in [0, 0.05) is 31.2 Å². The SMILES string of the molecule is O=C(O)c1ccccc1C(=O)O.O=S(=O)([O-])[O-].O=S(=O)([O-])[O-].O=S(=O)([O-])[O-].[Al+3].[Al+3]. The third-order valence-electron chi connectivity index (χ3n) is 1.39. The Balaban J connectivity index is -0.0000000965. The summed E-state index contributed by atoms with van der Waals surface area (Å²) >= 11 is 0. The topological polar surface area (TPSA) is 315 Å². The van der Waals surface area contributed by atoms with Crippen LogP contribution in [0.1, 0.15) is 20.7 Å². The fraction of sp³-hybridized carbons (Fsp3) is 0. The summed E-state index contributed by atoms with van der Waals surface area (Å²) in [5.41, 5.74) is -0.380. The first-order valence-corrected chi connectivity index (χ1v) is 9.18. The third kappa shape index (κ3) is 52.0. The molecule has 1 rings (SSSR count). The van der Waals surface area contributed by atoms with Gasteiger partial charge in [0.25, 0.3) is 0 Å². The van der Waals surface area contributed by atoms with Gasteiger partial charge in [-0.15, -0.1) is 0 Å². The van der Waals surface area contributed by atoms with E-state index in [4.69, 9.17) is 62.8 Å².